The molecular formula is C8H10OS. The van der Waals surface area contributed by atoms with Crippen LogP contribution >= 0.6 is 11.3 Å². The molecule has 2 heteroatoms. The van der Waals surface area contributed by atoms with Crippen molar-refractivity contribution in [3.8, 4) is 0 Å². The monoisotopic (exact) mass is 154 g/mol. The molecule has 0 aliphatic rings. The summed E-state index contributed by atoms with van der Waals surface area (Å²) in [4.78, 5) is 12.8. The number of carbonyl (C=O) groups excluding carboxylic acids is 1. The number of aryl methyl sites for hydroxylation is 2. The van der Waals surface area contributed by atoms with Crippen LogP contribution in [0.1, 0.15) is 25.7 Å². The Morgan fingerprint density at radius 2 is 1.80 bits per heavy atom. The van der Waals surface area contributed by atoms with Crippen LogP contribution < -0.4 is 0 Å². The molecule has 0 amide bonds. The highest BCUT2D eigenvalue weighted by atomic mass is 32.1. The van der Waals surface area contributed by atoms with Crippen molar-refractivity contribution in [3.63, 3.8) is 0 Å². The fourth-order valence-corrected chi connectivity index (χ4v) is 2.02. The molecule has 1 heterocycles. The van der Waals surface area contributed by atoms with Crippen LogP contribution in [0, 0.1) is 20.8 Å². The third-order valence-corrected chi connectivity index (χ3v) is 2.87. The van der Waals surface area contributed by atoms with E-state index in [-0.39, 0.29) is 0 Å². The zero-order valence-electron chi connectivity index (χ0n) is 6.39. The van der Waals surface area contributed by atoms with Gasteiger partial charge in [-0.3, -0.25) is 4.79 Å². The Kier molecular flexibility index (Phi) is 1.90. The Morgan fingerprint density at radius 3 is 2.00 bits per heavy atom. The SMILES string of the molecule is Cc1sc(C)c(C=O)c1C. The van der Waals surface area contributed by atoms with E-state index in [0.717, 1.165) is 22.3 Å². The first-order chi connectivity index (χ1) is 4.66. The van der Waals surface area contributed by atoms with Gasteiger partial charge in [-0.05, 0) is 26.3 Å². The first-order valence-electron chi connectivity index (χ1n) is 3.18. The Labute approximate surface area is 64.7 Å². The van der Waals surface area contributed by atoms with E-state index in [4.69, 9.17) is 0 Å². The van der Waals surface area contributed by atoms with Gasteiger partial charge in [0.1, 0.15) is 0 Å². The maximum atomic E-state index is 10.5. The number of hydrogen-bond acceptors (Lipinski definition) is 2. The lowest BCUT2D eigenvalue weighted by Crippen LogP contribution is -1.81. The van der Waals surface area contributed by atoms with E-state index in [9.17, 15) is 4.79 Å². The Morgan fingerprint density at radius 1 is 1.20 bits per heavy atom. The van der Waals surface area contributed by atoms with Crippen LogP contribution in [0.4, 0.5) is 0 Å². The highest BCUT2D eigenvalue weighted by molar-refractivity contribution is 7.12. The van der Waals surface area contributed by atoms with Gasteiger partial charge in [0.2, 0.25) is 0 Å². The molecule has 0 bridgehead atoms. The lowest BCUT2D eigenvalue weighted by atomic mass is 10.1. The van der Waals surface area contributed by atoms with Crippen LogP contribution in [-0.4, -0.2) is 6.29 Å². The van der Waals surface area contributed by atoms with Gasteiger partial charge in [-0.2, -0.15) is 0 Å². The van der Waals surface area contributed by atoms with Crippen LogP contribution in [0.3, 0.4) is 0 Å². The number of hydrogen-bond donors (Lipinski definition) is 0. The fraction of sp³-hybridized carbons (Fsp3) is 0.375. The summed E-state index contributed by atoms with van der Waals surface area (Å²) in [5.74, 6) is 0. The normalized spacial score (nSPS) is 9.90. The smallest absolute Gasteiger partial charge is 0.151 e. The number of aldehydes is 1. The van der Waals surface area contributed by atoms with Crippen LogP contribution in [-0.2, 0) is 0 Å². The van der Waals surface area contributed by atoms with Gasteiger partial charge >= 0.3 is 0 Å². The van der Waals surface area contributed by atoms with Crippen molar-refractivity contribution in [1.82, 2.24) is 0 Å². The van der Waals surface area contributed by atoms with Gasteiger partial charge in [0.05, 0.1) is 0 Å². The Bertz CT molecular complexity index is 260. The van der Waals surface area contributed by atoms with Crippen LogP contribution in [0.2, 0.25) is 0 Å². The maximum Gasteiger partial charge on any atom is 0.151 e. The van der Waals surface area contributed by atoms with Crippen LogP contribution in [0.25, 0.3) is 0 Å². The van der Waals surface area contributed by atoms with Gasteiger partial charge in [0, 0.05) is 15.3 Å². The summed E-state index contributed by atoms with van der Waals surface area (Å²) in [5.41, 5.74) is 2.01. The summed E-state index contributed by atoms with van der Waals surface area (Å²) < 4.78 is 0. The Balaban J connectivity index is 3.33. The average molecular weight is 154 g/mol. The first-order valence-corrected chi connectivity index (χ1v) is 4.00. The van der Waals surface area contributed by atoms with Crippen molar-refractivity contribution in [2.24, 2.45) is 0 Å². The van der Waals surface area contributed by atoms with Crippen molar-refractivity contribution in [3.05, 3.63) is 20.9 Å². The molecule has 0 saturated heterocycles. The van der Waals surface area contributed by atoms with Gasteiger partial charge in [0.25, 0.3) is 0 Å². The Hall–Kier alpha value is -0.630. The molecule has 10 heavy (non-hydrogen) atoms. The average Bonchev–Trinajstić information content (AvgIpc) is 2.09. The lowest BCUT2D eigenvalue weighted by molar-refractivity contribution is 0.112. The zero-order chi connectivity index (χ0) is 7.72. The minimum absolute atomic E-state index is 0.877. The molecule has 1 nitrogen and oxygen atoms in total. The van der Waals surface area contributed by atoms with Gasteiger partial charge in [-0.25, -0.2) is 0 Å². The molecule has 0 N–H and O–H groups in total. The summed E-state index contributed by atoms with van der Waals surface area (Å²) in [6, 6.07) is 0. The summed E-state index contributed by atoms with van der Waals surface area (Å²) in [6.45, 7) is 6.01. The molecule has 1 aromatic heterocycles. The zero-order valence-corrected chi connectivity index (χ0v) is 7.21. The molecule has 0 aliphatic heterocycles. The lowest BCUT2D eigenvalue weighted by Gasteiger charge is -1.87. The number of thiophene rings is 1. The van der Waals surface area contributed by atoms with E-state index in [0.29, 0.717) is 0 Å². The van der Waals surface area contributed by atoms with Crippen LogP contribution in [0.5, 0.6) is 0 Å². The molecule has 0 spiro atoms. The standard InChI is InChI=1S/C8H10OS/c1-5-6(2)10-7(3)8(5)4-9/h4H,1-3H3. The molecule has 1 aromatic rings. The first kappa shape index (κ1) is 7.48. The van der Waals surface area contributed by atoms with Gasteiger partial charge in [-0.15, -0.1) is 11.3 Å². The van der Waals surface area contributed by atoms with Crippen molar-refractivity contribution in [2.75, 3.05) is 0 Å². The van der Waals surface area contributed by atoms with Gasteiger partial charge < -0.3 is 0 Å². The number of rotatable bonds is 1. The van der Waals surface area contributed by atoms with Crippen molar-refractivity contribution in [2.45, 2.75) is 20.8 Å². The van der Waals surface area contributed by atoms with E-state index >= 15 is 0 Å². The van der Waals surface area contributed by atoms with Crippen LogP contribution in [0.15, 0.2) is 0 Å². The summed E-state index contributed by atoms with van der Waals surface area (Å²) in [6.07, 6.45) is 0.939. The second-order valence-electron chi connectivity index (χ2n) is 2.37. The topological polar surface area (TPSA) is 17.1 Å². The molecule has 0 fully saturated rings. The van der Waals surface area contributed by atoms with Crippen molar-refractivity contribution in [1.29, 1.82) is 0 Å². The molecule has 0 atom stereocenters. The minimum Gasteiger partial charge on any atom is -0.298 e. The fourth-order valence-electron chi connectivity index (χ4n) is 0.986. The van der Waals surface area contributed by atoms with Gasteiger partial charge in [0.15, 0.2) is 6.29 Å². The van der Waals surface area contributed by atoms with E-state index in [1.54, 1.807) is 11.3 Å². The van der Waals surface area contributed by atoms with E-state index in [1.165, 1.54) is 4.88 Å². The predicted molar refractivity (Wildman–Crippen MR) is 43.9 cm³/mol. The van der Waals surface area contributed by atoms with E-state index in [2.05, 4.69) is 0 Å². The minimum atomic E-state index is 0.877. The third-order valence-electron chi connectivity index (χ3n) is 1.74. The summed E-state index contributed by atoms with van der Waals surface area (Å²) in [5, 5.41) is 0. The highest BCUT2D eigenvalue weighted by Gasteiger charge is 2.06. The third kappa shape index (κ3) is 0.991. The predicted octanol–water partition coefficient (Wildman–Crippen LogP) is 2.49. The molecule has 1 rings (SSSR count). The van der Waals surface area contributed by atoms with Crippen molar-refractivity contribution < 1.29 is 4.79 Å². The van der Waals surface area contributed by atoms with Crippen molar-refractivity contribution >= 4 is 17.6 Å². The second kappa shape index (κ2) is 2.54. The number of carbonyl (C=O) groups is 1. The molecule has 0 aromatic carbocycles. The molecule has 0 unspecified atom stereocenters. The second-order valence-corrected chi connectivity index (χ2v) is 3.80. The summed E-state index contributed by atoms with van der Waals surface area (Å²) in [7, 11) is 0. The van der Waals surface area contributed by atoms with E-state index < -0.39 is 0 Å². The molecule has 0 radical (unpaired) electrons. The molecular weight excluding hydrogens is 144 g/mol. The summed E-state index contributed by atoms with van der Waals surface area (Å²) >= 11 is 1.69. The molecule has 54 valence electrons. The molecule has 0 aliphatic carbocycles. The molecule has 0 saturated carbocycles. The largest absolute Gasteiger partial charge is 0.298 e. The van der Waals surface area contributed by atoms with Gasteiger partial charge in [-0.1, -0.05) is 0 Å². The van der Waals surface area contributed by atoms with E-state index in [1.807, 2.05) is 20.8 Å². The quantitative estimate of drug-likeness (QED) is 0.568. The maximum absolute atomic E-state index is 10.5. The highest BCUT2D eigenvalue weighted by Crippen LogP contribution is 2.24.